The molecule has 0 fully saturated rings. The van der Waals surface area contributed by atoms with E-state index in [9.17, 15) is 0 Å². The molecule has 2 heterocycles. The lowest BCUT2D eigenvalue weighted by Gasteiger charge is -2.09. The summed E-state index contributed by atoms with van der Waals surface area (Å²) in [4.78, 5) is 16.5. The summed E-state index contributed by atoms with van der Waals surface area (Å²) in [5.74, 6) is 4.88. The quantitative estimate of drug-likeness (QED) is 0.234. The monoisotopic (exact) mass is 505 g/mol. The number of fused-ring (bicyclic) bond motifs is 2. The predicted octanol–water partition coefficient (Wildman–Crippen LogP) is 6.08. The van der Waals surface area contributed by atoms with Gasteiger partial charge in [-0.05, 0) is 42.5 Å². The third-order valence-corrected chi connectivity index (χ3v) is 5.23. The SMILES string of the molecule is C#Cc1cccc(Nc2ncnc3cc(OC)ccc23)c1.COc1ccc2c(Cl)ncnc2c1.Cl. The van der Waals surface area contributed by atoms with Crippen LogP contribution in [-0.4, -0.2) is 34.2 Å². The molecule has 3 aromatic carbocycles. The van der Waals surface area contributed by atoms with E-state index in [2.05, 4.69) is 31.2 Å². The van der Waals surface area contributed by atoms with Gasteiger partial charge in [0.2, 0.25) is 0 Å². The molecule has 176 valence electrons. The van der Waals surface area contributed by atoms with Crippen molar-refractivity contribution in [2.75, 3.05) is 19.5 Å². The van der Waals surface area contributed by atoms with Gasteiger partial charge in [-0.2, -0.15) is 0 Å². The summed E-state index contributed by atoms with van der Waals surface area (Å²) in [5, 5.41) is 5.50. The summed E-state index contributed by atoms with van der Waals surface area (Å²) in [6.07, 6.45) is 8.37. The number of methoxy groups -OCH3 is 2. The van der Waals surface area contributed by atoms with Crippen molar-refractivity contribution in [1.29, 1.82) is 0 Å². The maximum atomic E-state index is 5.86. The summed E-state index contributed by atoms with van der Waals surface area (Å²) >= 11 is 5.86. The van der Waals surface area contributed by atoms with E-state index >= 15 is 0 Å². The van der Waals surface area contributed by atoms with Gasteiger partial charge in [-0.15, -0.1) is 18.8 Å². The summed E-state index contributed by atoms with van der Waals surface area (Å²) in [5.41, 5.74) is 3.32. The van der Waals surface area contributed by atoms with E-state index < -0.39 is 0 Å². The molecule has 9 heteroatoms. The third-order valence-electron chi connectivity index (χ3n) is 4.93. The molecular formula is C26H21Cl2N5O2. The van der Waals surface area contributed by atoms with Crippen molar-refractivity contribution in [2.45, 2.75) is 0 Å². The van der Waals surface area contributed by atoms with Crippen LogP contribution in [0.1, 0.15) is 5.56 Å². The van der Waals surface area contributed by atoms with Crippen molar-refractivity contribution in [3.8, 4) is 23.8 Å². The first-order valence-corrected chi connectivity index (χ1v) is 10.6. The number of hydrogen-bond donors (Lipinski definition) is 1. The Morgan fingerprint density at radius 1 is 0.800 bits per heavy atom. The van der Waals surface area contributed by atoms with Crippen LogP contribution in [0.3, 0.4) is 0 Å². The number of terminal acetylenes is 1. The molecule has 0 aliphatic carbocycles. The second-order valence-electron chi connectivity index (χ2n) is 7.00. The van der Waals surface area contributed by atoms with Crippen LogP contribution >= 0.6 is 24.0 Å². The van der Waals surface area contributed by atoms with Gasteiger partial charge in [-0.25, -0.2) is 19.9 Å². The predicted molar refractivity (Wildman–Crippen MR) is 142 cm³/mol. The highest BCUT2D eigenvalue weighted by atomic mass is 35.5. The maximum Gasteiger partial charge on any atom is 0.141 e. The molecule has 0 atom stereocenters. The van der Waals surface area contributed by atoms with Crippen molar-refractivity contribution < 1.29 is 9.47 Å². The molecule has 0 amide bonds. The van der Waals surface area contributed by atoms with Crippen LogP contribution in [0.2, 0.25) is 5.15 Å². The summed E-state index contributed by atoms with van der Waals surface area (Å²) in [6.45, 7) is 0. The number of nitrogens with zero attached hydrogens (tertiary/aromatic N) is 4. The topological polar surface area (TPSA) is 82.1 Å². The minimum atomic E-state index is 0. The normalized spacial score (nSPS) is 9.89. The molecule has 0 spiro atoms. The van der Waals surface area contributed by atoms with E-state index in [1.165, 1.54) is 12.7 Å². The molecule has 5 rings (SSSR count). The molecule has 0 aliphatic rings. The first-order chi connectivity index (χ1) is 16.6. The maximum absolute atomic E-state index is 5.86. The lowest BCUT2D eigenvalue weighted by atomic mass is 10.2. The Hall–Kier alpha value is -4.12. The van der Waals surface area contributed by atoms with Gasteiger partial charge in [0, 0.05) is 34.2 Å². The second-order valence-corrected chi connectivity index (χ2v) is 7.36. The van der Waals surface area contributed by atoms with Gasteiger partial charge in [-0.1, -0.05) is 23.6 Å². The van der Waals surface area contributed by atoms with Gasteiger partial charge in [0.05, 0.1) is 25.3 Å². The van der Waals surface area contributed by atoms with Crippen molar-refractivity contribution in [3.05, 3.63) is 84.0 Å². The van der Waals surface area contributed by atoms with E-state index in [0.29, 0.717) is 5.15 Å². The van der Waals surface area contributed by atoms with Crippen LogP contribution in [-0.2, 0) is 0 Å². The average molecular weight is 506 g/mol. The lowest BCUT2D eigenvalue weighted by molar-refractivity contribution is 0.415. The van der Waals surface area contributed by atoms with Crippen LogP contribution in [0.25, 0.3) is 21.8 Å². The van der Waals surface area contributed by atoms with Gasteiger partial charge in [0.1, 0.15) is 35.1 Å². The first-order valence-electron chi connectivity index (χ1n) is 10.2. The summed E-state index contributed by atoms with van der Waals surface area (Å²) < 4.78 is 10.3. The third kappa shape index (κ3) is 6.07. The molecule has 1 N–H and O–H groups in total. The van der Waals surface area contributed by atoms with Crippen LogP contribution < -0.4 is 14.8 Å². The highest BCUT2D eigenvalue weighted by Gasteiger charge is 2.06. The molecule has 0 saturated carbocycles. The zero-order chi connectivity index (χ0) is 23.9. The van der Waals surface area contributed by atoms with Gasteiger partial charge in [0.25, 0.3) is 0 Å². The fraction of sp³-hybridized carbons (Fsp3) is 0.0769. The van der Waals surface area contributed by atoms with Crippen molar-refractivity contribution in [3.63, 3.8) is 0 Å². The Morgan fingerprint density at radius 2 is 1.43 bits per heavy atom. The number of benzene rings is 3. The smallest absolute Gasteiger partial charge is 0.141 e. The number of aromatic nitrogens is 4. The minimum Gasteiger partial charge on any atom is -0.497 e. The van der Waals surface area contributed by atoms with E-state index in [4.69, 9.17) is 27.5 Å². The zero-order valence-electron chi connectivity index (χ0n) is 18.9. The van der Waals surface area contributed by atoms with Crippen LogP contribution in [0, 0.1) is 12.3 Å². The minimum absolute atomic E-state index is 0. The molecule has 5 aromatic rings. The molecule has 0 aliphatic heterocycles. The van der Waals surface area contributed by atoms with Crippen LogP contribution in [0.15, 0.2) is 73.3 Å². The Balaban J connectivity index is 0.000000211. The molecule has 35 heavy (non-hydrogen) atoms. The van der Waals surface area contributed by atoms with E-state index in [1.54, 1.807) is 14.2 Å². The Bertz CT molecular complexity index is 1500. The lowest BCUT2D eigenvalue weighted by Crippen LogP contribution is -1.96. The Kier molecular flexibility index (Phi) is 8.63. The summed E-state index contributed by atoms with van der Waals surface area (Å²) in [7, 11) is 3.25. The van der Waals surface area contributed by atoms with Crippen molar-refractivity contribution >= 4 is 57.3 Å². The highest BCUT2D eigenvalue weighted by Crippen LogP contribution is 2.26. The van der Waals surface area contributed by atoms with E-state index in [0.717, 1.165) is 50.4 Å². The van der Waals surface area contributed by atoms with Crippen LogP contribution in [0.4, 0.5) is 11.5 Å². The largest absolute Gasteiger partial charge is 0.497 e. The van der Waals surface area contributed by atoms with Crippen molar-refractivity contribution in [1.82, 2.24) is 19.9 Å². The van der Waals surface area contributed by atoms with E-state index in [-0.39, 0.29) is 12.4 Å². The average Bonchev–Trinajstić information content (AvgIpc) is 2.89. The van der Waals surface area contributed by atoms with Gasteiger partial charge >= 0.3 is 0 Å². The Labute approximate surface area is 213 Å². The van der Waals surface area contributed by atoms with Gasteiger partial charge < -0.3 is 14.8 Å². The molecule has 0 saturated heterocycles. The van der Waals surface area contributed by atoms with Crippen LogP contribution in [0.5, 0.6) is 11.5 Å². The zero-order valence-corrected chi connectivity index (χ0v) is 20.5. The van der Waals surface area contributed by atoms with E-state index in [1.807, 2.05) is 60.7 Å². The molecule has 7 nitrogen and oxygen atoms in total. The molecule has 2 aromatic heterocycles. The van der Waals surface area contributed by atoms with Gasteiger partial charge in [0.15, 0.2) is 0 Å². The standard InChI is InChI=1S/C17H13N3O.C9H7ClN2O.ClH/c1-3-12-5-4-6-13(9-12)20-17-15-8-7-14(21-2)10-16(15)18-11-19-17;1-13-6-2-3-7-8(4-6)11-5-12-9(7)10;/h1,4-11H,2H3,(H,18,19,20);2-5H,1H3;1H. The van der Waals surface area contributed by atoms with Gasteiger partial charge in [-0.3, -0.25) is 0 Å². The molecule has 0 unspecified atom stereocenters. The fourth-order valence-corrected chi connectivity index (χ4v) is 3.42. The number of nitrogens with one attached hydrogen (secondary N) is 1. The number of halogens is 2. The number of hydrogen-bond acceptors (Lipinski definition) is 7. The molecule has 0 bridgehead atoms. The first kappa shape index (κ1) is 25.5. The van der Waals surface area contributed by atoms with Crippen molar-refractivity contribution in [2.24, 2.45) is 0 Å². The molecule has 0 radical (unpaired) electrons. The fourth-order valence-electron chi connectivity index (χ4n) is 3.22. The Morgan fingerprint density at radius 3 is 2.09 bits per heavy atom. The number of ether oxygens (including phenoxy) is 2. The second kappa shape index (κ2) is 11.8. The number of anilines is 2. The number of rotatable bonds is 4. The molecular weight excluding hydrogens is 485 g/mol. The highest BCUT2D eigenvalue weighted by molar-refractivity contribution is 6.34. The summed E-state index contributed by atoms with van der Waals surface area (Å²) in [6, 6.07) is 18.8.